The molecule has 0 amide bonds. The third kappa shape index (κ3) is 4.07. The first kappa shape index (κ1) is 20.8. The number of hydrogen-bond acceptors (Lipinski definition) is 9. The Balaban J connectivity index is 2.85. The van der Waals surface area contributed by atoms with Crippen LogP contribution in [0.2, 0.25) is 0 Å². The predicted octanol–water partition coefficient (Wildman–Crippen LogP) is 1.33. The van der Waals surface area contributed by atoms with Crippen molar-refractivity contribution in [3.05, 3.63) is 64.0 Å². The van der Waals surface area contributed by atoms with E-state index in [0.717, 1.165) is 31.3 Å². The van der Waals surface area contributed by atoms with E-state index in [-0.39, 0.29) is 11.3 Å². The molecule has 0 fully saturated rings. The second-order valence-electron chi connectivity index (χ2n) is 5.20. The molecule has 0 bridgehead atoms. The smallest absolute Gasteiger partial charge is 0.355 e. The molecule has 148 valence electrons. The van der Waals surface area contributed by atoms with Gasteiger partial charge in [0.1, 0.15) is 10.6 Å². The molecule has 1 aliphatic rings. The lowest BCUT2D eigenvalue weighted by Crippen LogP contribution is -2.28. The van der Waals surface area contributed by atoms with Gasteiger partial charge in [0.05, 0.1) is 30.4 Å². The summed E-state index contributed by atoms with van der Waals surface area (Å²) >= 11 is 0. The van der Waals surface area contributed by atoms with E-state index < -0.39 is 43.3 Å². The number of allylic oxidation sites excluding steroid dienone is 2. The fourth-order valence-electron chi connectivity index (χ4n) is 2.37. The summed E-state index contributed by atoms with van der Waals surface area (Å²) in [6.45, 7) is 0. The molecule has 1 aliphatic heterocycles. The fraction of sp³-hybridized carbons (Fsp3) is 0.125. The number of anilines is 1. The number of esters is 2. The SMILES string of the molecule is COC(=O)C1=C(C(=O)OC)N(c2ccc([N+](=O)[O-])cc2S(=O)(=O)O)C=CC=C1. The Morgan fingerprint density at radius 3 is 2.32 bits per heavy atom. The van der Waals surface area contributed by atoms with Crippen molar-refractivity contribution in [2.24, 2.45) is 0 Å². The maximum atomic E-state index is 12.4. The summed E-state index contributed by atoms with van der Waals surface area (Å²) in [6, 6.07) is 2.61. The van der Waals surface area contributed by atoms with Gasteiger partial charge in [-0.1, -0.05) is 6.08 Å². The minimum atomic E-state index is -4.94. The van der Waals surface area contributed by atoms with E-state index >= 15 is 0 Å². The van der Waals surface area contributed by atoms with Crippen molar-refractivity contribution in [1.29, 1.82) is 0 Å². The minimum Gasteiger partial charge on any atom is -0.465 e. The van der Waals surface area contributed by atoms with Crippen molar-refractivity contribution in [3.63, 3.8) is 0 Å². The van der Waals surface area contributed by atoms with Crippen LogP contribution in [0.4, 0.5) is 11.4 Å². The lowest BCUT2D eigenvalue weighted by Gasteiger charge is -2.24. The number of carbonyl (C=O) groups is 2. The lowest BCUT2D eigenvalue weighted by atomic mass is 10.1. The Hall–Kier alpha value is -3.51. The first-order valence-electron chi connectivity index (χ1n) is 7.42. The Morgan fingerprint density at radius 2 is 1.79 bits per heavy atom. The number of methoxy groups -OCH3 is 2. The van der Waals surface area contributed by atoms with E-state index in [4.69, 9.17) is 0 Å². The topological polar surface area (TPSA) is 153 Å². The number of non-ortho nitro benzene ring substituents is 1. The van der Waals surface area contributed by atoms with E-state index in [1.165, 1.54) is 24.4 Å². The average Bonchev–Trinajstić information content (AvgIpc) is 2.88. The maximum absolute atomic E-state index is 12.4. The van der Waals surface area contributed by atoms with Gasteiger partial charge in [-0.15, -0.1) is 0 Å². The van der Waals surface area contributed by atoms with E-state index in [1.807, 2.05) is 0 Å². The maximum Gasteiger partial charge on any atom is 0.355 e. The van der Waals surface area contributed by atoms with Crippen LogP contribution in [0.5, 0.6) is 0 Å². The van der Waals surface area contributed by atoms with E-state index in [0.29, 0.717) is 6.07 Å². The molecule has 1 heterocycles. The summed E-state index contributed by atoms with van der Waals surface area (Å²) in [6.07, 6.45) is 5.21. The van der Waals surface area contributed by atoms with Crippen LogP contribution in [0.25, 0.3) is 0 Å². The van der Waals surface area contributed by atoms with Gasteiger partial charge in [-0.05, 0) is 18.2 Å². The van der Waals surface area contributed by atoms with Gasteiger partial charge >= 0.3 is 11.9 Å². The molecule has 0 saturated carbocycles. The van der Waals surface area contributed by atoms with Gasteiger partial charge in [-0.2, -0.15) is 8.42 Å². The molecule has 0 unspecified atom stereocenters. The van der Waals surface area contributed by atoms with Crippen LogP contribution in [0.3, 0.4) is 0 Å². The summed E-state index contributed by atoms with van der Waals surface area (Å²) in [7, 11) is -2.82. The highest BCUT2D eigenvalue weighted by Gasteiger charge is 2.31. The summed E-state index contributed by atoms with van der Waals surface area (Å²) in [5.74, 6) is -1.93. The number of nitrogens with zero attached hydrogens (tertiary/aromatic N) is 2. The van der Waals surface area contributed by atoms with E-state index in [1.54, 1.807) is 0 Å². The third-order valence-corrected chi connectivity index (χ3v) is 4.46. The standard InChI is InChI=1S/C16H14N2O9S/c1-26-15(19)11-5-3-4-8-17(14(11)16(20)27-2)12-7-6-10(18(21)22)9-13(12)28(23,24)25/h3-9H,1-2H3,(H,23,24,25). The van der Waals surface area contributed by atoms with Gasteiger partial charge < -0.3 is 14.4 Å². The molecular weight excluding hydrogens is 396 g/mol. The number of nitro groups is 1. The van der Waals surface area contributed by atoms with Crippen LogP contribution in [0.1, 0.15) is 0 Å². The van der Waals surface area contributed by atoms with Crippen LogP contribution in [-0.2, 0) is 29.2 Å². The summed E-state index contributed by atoms with van der Waals surface area (Å²) < 4.78 is 42.5. The molecule has 0 saturated heterocycles. The molecular formula is C16H14N2O9S. The van der Waals surface area contributed by atoms with E-state index in [9.17, 15) is 32.7 Å². The zero-order chi connectivity index (χ0) is 21.1. The molecule has 0 aliphatic carbocycles. The number of hydrogen-bond donors (Lipinski definition) is 1. The highest BCUT2D eigenvalue weighted by Crippen LogP contribution is 2.34. The summed E-state index contributed by atoms with van der Waals surface area (Å²) in [4.78, 5) is 34.7. The van der Waals surface area contributed by atoms with Crippen molar-refractivity contribution in [2.75, 3.05) is 19.1 Å². The third-order valence-electron chi connectivity index (χ3n) is 3.58. The van der Waals surface area contributed by atoms with Crippen LogP contribution in [0.15, 0.2) is 58.8 Å². The van der Waals surface area contributed by atoms with Crippen molar-refractivity contribution in [1.82, 2.24) is 0 Å². The van der Waals surface area contributed by atoms with Crippen LogP contribution in [-0.4, -0.2) is 44.1 Å². The molecule has 28 heavy (non-hydrogen) atoms. The van der Waals surface area contributed by atoms with Crippen LogP contribution in [0, 0.1) is 10.1 Å². The monoisotopic (exact) mass is 410 g/mol. The van der Waals surface area contributed by atoms with Crippen LogP contribution >= 0.6 is 0 Å². The largest absolute Gasteiger partial charge is 0.465 e. The summed E-state index contributed by atoms with van der Waals surface area (Å²) in [5, 5.41) is 11.0. The molecule has 1 N–H and O–H groups in total. The quantitative estimate of drug-likeness (QED) is 0.325. The van der Waals surface area contributed by atoms with Gasteiger partial charge in [0, 0.05) is 18.3 Å². The van der Waals surface area contributed by atoms with Gasteiger partial charge in [0.15, 0.2) is 0 Å². The average molecular weight is 410 g/mol. The second-order valence-corrected chi connectivity index (χ2v) is 6.59. The zero-order valence-corrected chi connectivity index (χ0v) is 15.4. The lowest BCUT2D eigenvalue weighted by molar-refractivity contribution is -0.385. The predicted molar refractivity (Wildman–Crippen MR) is 94.7 cm³/mol. The number of carbonyl (C=O) groups excluding carboxylic acids is 2. The Labute approximate surface area is 159 Å². The number of nitro benzene ring substituents is 1. The number of ether oxygens (including phenoxy) is 2. The van der Waals surface area contributed by atoms with Crippen molar-refractivity contribution < 1.29 is 37.0 Å². The highest BCUT2D eigenvalue weighted by atomic mass is 32.2. The Kier molecular flexibility index (Phi) is 5.96. The van der Waals surface area contributed by atoms with Gasteiger partial charge in [0.25, 0.3) is 15.8 Å². The molecule has 1 aromatic rings. The normalized spacial score (nSPS) is 13.9. The fourth-order valence-corrected chi connectivity index (χ4v) is 3.07. The number of benzene rings is 1. The van der Waals surface area contributed by atoms with Crippen LogP contribution < -0.4 is 4.90 Å². The zero-order valence-electron chi connectivity index (χ0n) is 14.6. The van der Waals surface area contributed by atoms with Gasteiger partial charge in [-0.25, -0.2) is 9.59 Å². The van der Waals surface area contributed by atoms with Crippen molar-refractivity contribution >= 4 is 33.4 Å². The van der Waals surface area contributed by atoms with Crippen molar-refractivity contribution in [2.45, 2.75) is 4.90 Å². The highest BCUT2D eigenvalue weighted by molar-refractivity contribution is 7.86. The molecule has 0 radical (unpaired) electrons. The van der Waals surface area contributed by atoms with Gasteiger partial charge in [-0.3, -0.25) is 14.7 Å². The first-order chi connectivity index (χ1) is 13.1. The molecule has 2 rings (SSSR count). The first-order valence-corrected chi connectivity index (χ1v) is 8.86. The Bertz CT molecular complexity index is 1040. The Morgan fingerprint density at radius 1 is 1.14 bits per heavy atom. The number of rotatable bonds is 5. The molecule has 0 aromatic heterocycles. The molecule has 0 spiro atoms. The minimum absolute atomic E-state index is 0.265. The second kappa shape index (κ2) is 8.02. The molecule has 1 aromatic carbocycles. The van der Waals surface area contributed by atoms with Gasteiger partial charge in [0.2, 0.25) is 0 Å². The summed E-state index contributed by atoms with van der Waals surface area (Å²) in [5.41, 5.74) is -1.61. The van der Waals surface area contributed by atoms with E-state index in [2.05, 4.69) is 9.47 Å². The molecule has 11 nitrogen and oxygen atoms in total. The van der Waals surface area contributed by atoms with Crippen molar-refractivity contribution in [3.8, 4) is 0 Å². The molecule has 12 heteroatoms. The molecule has 0 atom stereocenters.